The molecule has 2 aromatic heterocycles. The first kappa shape index (κ1) is 8.06. The average molecular weight is 292 g/mol. The van der Waals surface area contributed by atoms with E-state index in [0.717, 1.165) is 11.3 Å². The van der Waals surface area contributed by atoms with E-state index in [4.69, 9.17) is 10.3 Å². The normalized spacial score (nSPS) is 10.4. The Balaban J connectivity index is 2.43. The maximum absolute atomic E-state index is 5.40. The average Bonchev–Trinajstić information content (AvgIpc) is 2.58. The molecule has 0 aliphatic rings. The number of halogens is 1. The van der Waals surface area contributed by atoms with Crippen molar-refractivity contribution in [3.05, 3.63) is 20.4 Å². The van der Waals surface area contributed by atoms with Crippen molar-refractivity contribution in [2.45, 2.75) is 0 Å². The van der Waals surface area contributed by atoms with Gasteiger partial charge in [-0.2, -0.15) is 0 Å². The predicted molar refractivity (Wildman–Crippen MR) is 56.9 cm³/mol. The molecule has 0 atom stereocenters. The highest BCUT2D eigenvalue weighted by Crippen LogP contribution is 2.26. The number of hydrogen-bond donors (Lipinski definition) is 1. The van der Waals surface area contributed by atoms with E-state index in [9.17, 15) is 0 Å². The summed E-state index contributed by atoms with van der Waals surface area (Å²) >= 11 is 3.94. The standard InChI is InChI=1S/C7H5IN2OS/c8-6-1-4(3-12-6)5-2-7(9)11-10-5/h1-3H,9H2. The van der Waals surface area contributed by atoms with Crippen molar-refractivity contribution in [1.29, 1.82) is 0 Å². The van der Waals surface area contributed by atoms with Crippen LogP contribution in [-0.4, -0.2) is 5.16 Å². The third kappa shape index (κ3) is 1.46. The van der Waals surface area contributed by atoms with Crippen molar-refractivity contribution >= 4 is 39.8 Å². The SMILES string of the molecule is Nc1cc(-c2csc(I)c2)no1. The first-order chi connectivity index (χ1) is 5.75. The van der Waals surface area contributed by atoms with Gasteiger partial charge in [0.2, 0.25) is 5.88 Å². The summed E-state index contributed by atoms with van der Waals surface area (Å²) in [4.78, 5) is 0. The highest BCUT2D eigenvalue weighted by Gasteiger charge is 2.05. The van der Waals surface area contributed by atoms with Gasteiger partial charge in [0, 0.05) is 17.0 Å². The van der Waals surface area contributed by atoms with E-state index in [1.807, 2.05) is 11.4 Å². The quantitative estimate of drug-likeness (QED) is 0.822. The van der Waals surface area contributed by atoms with Crippen LogP contribution in [0, 0.1) is 2.88 Å². The molecule has 0 aliphatic carbocycles. The molecule has 2 N–H and O–H groups in total. The second kappa shape index (κ2) is 3.06. The van der Waals surface area contributed by atoms with Gasteiger partial charge in [-0.3, -0.25) is 0 Å². The first-order valence-electron chi connectivity index (χ1n) is 3.22. The smallest absolute Gasteiger partial charge is 0.222 e. The van der Waals surface area contributed by atoms with E-state index >= 15 is 0 Å². The molecule has 3 nitrogen and oxygen atoms in total. The Morgan fingerprint density at radius 3 is 2.83 bits per heavy atom. The maximum atomic E-state index is 5.40. The molecule has 2 rings (SSSR count). The summed E-state index contributed by atoms with van der Waals surface area (Å²) < 4.78 is 5.98. The number of aromatic nitrogens is 1. The van der Waals surface area contributed by atoms with Crippen molar-refractivity contribution in [3.63, 3.8) is 0 Å². The van der Waals surface area contributed by atoms with Crippen LogP contribution in [0.25, 0.3) is 11.3 Å². The Labute approximate surface area is 86.7 Å². The summed E-state index contributed by atoms with van der Waals surface area (Å²) in [6.07, 6.45) is 0. The number of hydrogen-bond acceptors (Lipinski definition) is 4. The molecule has 2 heterocycles. The van der Waals surface area contributed by atoms with Gasteiger partial charge in [0.25, 0.3) is 0 Å². The molecular formula is C7H5IN2OS. The summed E-state index contributed by atoms with van der Waals surface area (Å²) in [5, 5.41) is 5.83. The molecule has 0 aliphatic heterocycles. The molecule has 0 amide bonds. The highest BCUT2D eigenvalue weighted by molar-refractivity contribution is 14.1. The van der Waals surface area contributed by atoms with Crippen LogP contribution in [0.2, 0.25) is 0 Å². The van der Waals surface area contributed by atoms with Crippen molar-refractivity contribution in [1.82, 2.24) is 5.16 Å². The van der Waals surface area contributed by atoms with Crippen LogP contribution in [0.1, 0.15) is 0 Å². The Morgan fingerprint density at radius 2 is 2.33 bits per heavy atom. The van der Waals surface area contributed by atoms with Gasteiger partial charge in [0.1, 0.15) is 5.69 Å². The molecular weight excluding hydrogens is 287 g/mol. The zero-order valence-electron chi connectivity index (χ0n) is 5.95. The van der Waals surface area contributed by atoms with E-state index < -0.39 is 0 Å². The molecule has 62 valence electrons. The summed E-state index contributed by atoms with van der Waals surface area (Å²) in [6.45, 7) is 0. The second-order valence-electron chi connectivity index (χ2n) is 2.25. The van der Waals surface area contributed by atoms with Gasteiger partial charge in [0.05, 0.1) is 2.88 Å². The number of rotatable bonds is 1. The molecule has 5 heteroatoms. The number of nitrogen functional groups attached to an aromatic ring is 1. The molecule has 12 heavy (non-hydrogen) atoms. The van der Waals surface area contributed by atoms with Crippen molar-refractivity contribution < 1.29 is 4.52 Å². The predicted octanol–water partition coefficient (Wildman–Crippen LogP) is 2.59. The van der Waals surface area contributed by atoms with Crippen LogP contribution in [-0.2, 0) is 0 Å². The number of thiophene rings is 1. The third-order valence-electron chi connectivity index (χ3n) is 1.39. The molecule has 2 aromatic rings. The van der Waals surface area contributed by atoms with Crippen LogP contribution in [0.15, 0.2) is 22.0 Å². The van der Waals surface area contributed by atoms with Crippen molar-refractivity contribution in [3.8, 4) is 11.3 Å². The molecule has 0 unspecified atom stereocenters. The minimum Gasteiger partial charge on any atom is -0.368 e. The summed E-state index contributed by atoms with van der Waals surface area (Å²) in [5.74, 6) is 0.353. The summed E-state index contributed by atoms with van der Waals surface area (Å²) in [7, 11) is 0. The lowest BCUT2D eigenvalue weighted by atomic mass is 10.2. The van der Waals surface area contributed by atoms with E-state index in [-0.39, 0.29) is 0 Å². The number of anilines is 1. The molecule has 0 fully saturated rings. The van der Waals surface area contributed by atoms with Crippen LogP contribution >= 0.6 is 33.9 Å². The maximum Gasteiger partial charge on any atom is 0.222 e. The monoisotopic (exact) mass is 292 g/mol. The molecule has 0 saturated heterocycles. The lowest BCUT2D eigenvalue weighted by molar-refractivity contribution is 0.439. The van der Waals surface area contributed by atoms with Crippen LogP contribution < -0.4 is 5.73 Å². The van der Waals surface area contributed by atoms with E-state index in [2.05, 4.69) is 27.7 Å². The first-order valence-corrected chi connectivity index (χ1v) is 5.18. The lowest BCUT2D eigenvalue weighted by Crippen LogP contribution is -1.75. The minimum absolute atomic E-state index is 0.353. The molecule has 0 radical (unpaired) electrons. The van der Waals surface area contributed by atoms with Crippen LogP contribution in [0.5, 0.6) is 0 Å². The van der Waals surface area contributed by atoms with Crippen molar-refractivity contribution in [2.24, 2.45) is 0 Å². The fraction of sp³-hybridized carbons (Fsp3) is 0. The molecule has 0 bridgehead atoms. The van der Waals surface area contributed by atoms with Gasteiger partial charge < -0.3 is 10.3 Å². The van der Waals surface area contributed by atoms with Gasteiger partial charge in [-0.25, -0.2) is 0 Å². The molecule has 0 saturated carbocycles. The third-order valence-corrected chi connectivity index (χ3v) is 3.18. The van der Waals surface area contributed by atoms with Gasteiger partial charge in [-0.05, 0) is 28.7 Å². The fourth-order valence-corrected chi connectivity index (χ4v) is 2.21. The fourth-order valence-electron chi connectivity index (χ4n) is 0.870. The van der Waals surface area contributed by atoms with E-state index in [1.165, 1.54) is 2.88 Å². The lowest BCUT2D eigenvalue weighted by Gasteiger charge is -1.82. The Bertz CT molecular complexity index is 357. The number of nitrogens with zero attached hydrogens (tertiary/aromatic N) is 1. The Kier molecular flexibility index (Phi) is 2.05. The van der Waals surface area contributed by atoms with E-state index in [0.29, 0.717) is 5.88 Å². The van der Waals surface area contributed by atoms with Gasteiger partial charge in [-0.15, -0.1) is 11.3 Å². The topological polar surface area (TPSA) is 52.0 Å². The molecule has 0 aromatic carbocycles. The summed E-state index contributed by atoms with van der Waals surface area (Å²) in [6, 6.07) is 3.76. The second-order valence-corrected chi connectivity index (χ2v) is 5.06. The Morgan fingerprint density at radius 1 is 1.50 bits per heavy atom. The van der Waals surface area contributed by atoms with Gasteiger partial charge in [0.15, 0.2) is 0 Å². The zero-order chi connectivity index (χ0) is 8.55. The zero-order valence-corrected chi connectivity index (χ0v) is 8.93. The Hall–Kier alpha value is -0.560. The number of nitrogens with two attached hydrogens (primary N) is 1. The van der Waals surface area contributed by atoms with Crippen LogP contribution in [0.3, 0.4) is 0 Å². The van der Waals surface area contributed by atoms with Gasteiger partial charge >= 0.3 is 0 Å². The minimum atomic E-state index is 0.353. The largest absolute Gasteiger partial charge is 0.368 e. The van der Waals surface area contributed by atoms with E-state index in [1.54, 1.807) is 17.4 Å². The van der Waals surface area contributed by atoms with Crippen molar-refractivity contribution in [2.75, 3.05) is 5.73 Å². The van der Waals surface area contributed by atoms with Gasteiger partial charge in [-0.1, -0.05) is 5.16 Å². The molecule has 0 spiro atoms. The summed E-state index contributed by atoms with van der Waals surface area (Å²) in [5.41, 5.74) is 7.25. The van der Waals surface area contributed by atoms with Crippen LogP contribution in [0.4, 0.5) is 5.88 Å². The highest BCUT2D eigenvalue weighted by atomic mass is 127.